The summed E-state index contributed by atoms with van der Waals surface area (Å²) in [6.07, 6.45) is 2.09. The average Bonchev–Trinajstić information content (AvgIpc) is 3.24. The fraction of sp³-hybridized carbons (Fsp3) is 0.500. The molecule has 1 aliphatic heterocycles. The first-order valence-corrected chi connectivity index (χ1v) is 11.7. The molecule has 0 spiro atoms. The maximum Gasteiger partial charge on any atom is 0.242 e. The lowest BCUT2D eigenvalue weighted by Crippen LogP contribution is -2.49. The lowest BCUT2D eigenvalue weighted by atomic mass is 10.00. The monoisotopic (exact) mass is 428 g/mol. The second-order valence-electron chi connectivity index (χ2n) is 7.91. The van der Waals surface area contributed by atoms with E-state index in [9.17, 15) is 9.59 Å². The number of benzene rings is 1. The molecule has 3 rings (SSSR count). The predicted molar refractivity (Wildman–Crippen MR) is 121 cm³/mol. The van der Waals surface area contributed by atoms with Crippen LogP contribution in [0.2, 0.25) is 0 Å². The van der Waals surface area contributed by atoms with E-state index in [2.05, 4.69) is 11.4 Å². The van der Waals surface area contributed by atoms with E-state index in [-0.39, 0.29) is 30.4 Å². The zero-order chi connectivity index (χ0) is 21.7. The van der Waals surface area contributed by atoms with Crippen molar-refractivity contribution >= 4 is 23.2 Å². The van der Waals surface area contributed by atoms with Crippen LogP contribution in [0.3, 0.4) is 0 Å². The van der Waals surface area contributed by atoms with Gasteiger partial charge in [0.2, 0.25) is 11.8 Å². The Kier molecular flexibility index (Phi) is 7.53. The van der Waals surface area contributed by atoms with Gasteiger partial charge in [0.25, 0.3) is 0 Å². The molecule has 0 N–H and O–H groups in total. The van der Waals surface area contributed by atoms with E-state index in [4.69, 9.17) is 4.74 Å². The van der Waals surface area contributed by atoms with Gasteiger partial charge in [0.15, 0.2) is 0 Å². The summed E-state index contributed by atoms with van der Waals surface area (Å²) in [6.45, 7) is 9.13. The first-order valence-electron chi connectivity index (χ1n) is 10.8. The van der Waals surface area contributed by atoms with E-state index in [0.717, 1.165) is 18.6 Å². The fourth-order valence-electron chi connectivity index (χ4n) is 3.83. The van der Waals surface area contributed by atoms with Crippen molar-refractivity contribution < 1.29 is 14.3 Å². The molecule has 1 aromatic heterocycles. The van der Waals surface area contributed by atoms with Crippen LogP contribution in [0.5, 0.6) is 5.75 Å². The number of ether oxygens (including phenoxy) is 1. The highest BCUT2D eigenvalue weighted by Gasteiger charge is 2.34. The van der Waals surface area contributed by atoms with Gasteiger partial charge in [-0.05, 0) is 55.8 Å². The molecular formula is C24H32N2O3S. The highest BCUT2D eigenvalue weighted by Crippen LogP contribution is 2.34. The Morgan fingerprint density at radius 3 is 2.63 bits per heavy atom. The van der Waals surface area contributed by atoms with Gasteiger partial charge in [-0.2, -0.15) is 0 Å². The van der Waals surface area contributed by atoms with E-state index in [1.54, 1.807) is 16.2 Å². The summed E-state index contributed by atoms with van der Waals surface area (Å²) in [6, 6.07) is 9.99. The van der Waals surface area contributed by atoms with Gasteiger partial charge in [0.05, 0.1) is 6.04 Å². The summed E-state index contributed by atoms with van der Waals surface area (Å²) in [5, 5.41) is 2.09. The fourth-order valence-corrected chi connectivity index (χ4v) is 4.76. The number of rotatable bonds is 8. The Morgan fingerprint density at radius 1 is 1.23 bits per heavy atom. The number of nitrogens with zero attached hydrogens (tertiary/aromatic N) is 2. The van der Waals surface area contributed by atoms with Crippen molar-refractivity contribution in [1.82, 2.24) is 9.80 Å². The van der Waals surface area contributed by atoms with E-state index < -0.39 is 0 Å². The highest BCUT2D eigenvalue weighted by atomic mass is 32.1. The highest BCUT2D eigenvalue weighted by molar-refractivity contribution is 7.10. The normalized spacial score (nSPS) is 16.7. The second kappa shape index (κ2) is 10.1. The summed E-state index contributed by atoms with van der Waals surface area (Å²) in [4.78, 5) is 30.7. The number of carbonyl (C=O) groups excluding carboxylic acids is 2. The van der Waals surface area contributed by atoms with Crippen LogP contribution in [-0.4, -0.2) is 47.4 Å². The molecule has 0 unspecified atom stereocenters. The minimum atomic E-state index is -0.135. The maximum atomic E-state index is 13.3. The van der Waals surface area contributed by atoms with Crippen molar-refractivity contribution in [1.29, 1.82) is 0 Å². The van der Waals surface area contributed by atoms with Crippen molar-refractivity contribution in [3.05, 3.63) is 51.7 Å². The topological polar surface area (TPSA) is 49.9 Å². The molecule has 0 aliphatic carbocycles. The van der Waals surface area contributed by atoms with E-state index in [0.29, 0.717) is 19.6 Å². The molecule has 0 bridgehead atoms. The Hall–Kier alpha value is -2.34. The van der Waals surface area contributed by atoms with Crippen molar-refractivity contribution in [2.45, 2.75) is 59.0 Å². The standard InChI is InChI=1S/C24H32N2O3S/c1-5-18(4)26(23(27)6-2)15-24(28)25-13-11-22-20(12-14-30-22)21(25)16-29-19-9-7-17(3)8-10-19/h7-10,12,14,18,21H,5-6,11,13,15-16H2,1-4H3/t18-,21-/m0/s1. The van der Waals surface area contributed by atoms with Crippen LogP contribution in [-0.2, 0) is 16.0 Å². The third kappa shape index (κ3) is 5.04. The average molecular weight is 429 g/mol. The van der Waals surface area contributed by atoms with Crippen LogP contribution in [0.25, 0.3) is 0 Å². The number of hydrogen-bond donors (Lipinski definition) is 0. The zero-order valence-corrected chi connectivity index (χ0v) is 19.2. The predicted octanol–water partition coefficient (Wildman–Crippen LogP) is 4.60. The van der Waals surface area contributed by atoms with E-state index in [1.807, 2.05) is 56.9 Å². The first-order chi connectivity index (χ1) is 14.4. The molecular weight excluding hydrogens is 396 g/mol. The molecule has 2 atom stereocenters. The van der Waals surface area contributed by atoms with Crippen LogP contribution in [0, 0.1) is 6.92 Å². The number of hydrogen-bond acceptors (Lipinski definition) is 4. The van der Waals surface area contributed by atoms with Crippen LogP contribution < -0.4 is 4.74 Å². The molecule has 162 valence electrons. The molecule has 2 aromatic rings. The van der Waals surface area contributed by atoms with Crippen molar-refractivity contribution in [3.63, 3.8) is 0 Å². The van der Waals surface area contributed by atoms with Crippen LogP contribution in [0.1, 0.15) is 55.7 Å². The van der Waals surface area contributed by atoms with Crippen LogP contribution >= 0.6 is 11.3 Å². The van der Waals surface area contributed by atoms with Gasteiger partial charge in [0.1, 0.15) is 18.9 Å². The third-order valence-electron chi connectivity index (χ3n) is 5.90. The molecule has 0 saturated carbocycles. The molecule has 2 amide bonds. The Labute approximate surface area is 183 Å². The van der Waals surface area contributed by atoms with Crippen LogP contribution in [0.4, 0.5) is 0 Å². The molecule has 1 aliphatic rings. The maximum absolute atomic E-state index is 13.3. The second-order valence-corrected chi connectivity index (χ2v) is 8.91. The molecule has 0 radical (unpaired) electrons. The summed E-state index contributed by atoms with van der Waals surface area (Å²) in [7, 11) is 0. The summed E-state index contributed by atoms with van der Waals surface area (Å²) >= 11 is 1.74. The van der Waals surface area contributed by atoms with E-state index in [1.165, 1.54) is 16.0 Å². The third-order valence-corrected chi connectivity index (χ3v) is 6.89. The molecule has 5 nitrogen and oxygen atoms in total. The zero-order valence-electron chi connectivity index (χ0n) is 18.4. The first kappa shape index (κ1) is 22.3. The number of carbonyl (C=O) groups is 2. The van der Waals surface area contributed by atoms with Gasteiger partial charge in [0, 0.05) is 23.9 Å². The van der Waals surface area contributed by atoms with Gasteiger partial charge < -0.3 is 14.5 Å². The number of thiophene rings is 1. The molecule has 6 heteroatoms. The molecule has 0 saturated heterocycles. The minimum Gasteiger partial charge on any atom is -0.491 e. The van der Waals surface area contributed by atoms with Gasteiger partial charge in [-0.25, -0.2) is 0 Å². The lowest BCUT2D eigenvalue weighted by molar-refractivity contribution is -0.144. The molecule has 2 heterocycles. The smallest absolute Gasteiger partial charge is 0.242 e. The number of fused-ring (bicyclic) bond motifs is 1. The van der Waals surface area contributed by atoms with E-state index >= 15 is 0 Å². The molecule has 1 aromatic carbocycles. The largest absolute Gasteiger partial charge is 0.491 e. The van der Waals surface area contributed by atoms with Crippen LogP contribution in [0.15, 0.2) is 35.7 Å². The number of amides is 2. The van der Waals surface area contributed by atoms with Crippen molar-refractivity contribution in [2.24, 2.45) is 0 Å². The Bertz CT molecular complexity index is 862. The Morgan fingerprint density at radius 2 is 1.97 bits per heavy atom. The quantitative estimate of drug-likeness (QED) is 0.617. The van der Waals surface area contributed by atoms with Crippen molar-refractivity contribution in [3.8, 4) is 5.75 Å². The summed E-state index contributed by atoms with van der Waals surface area (Å²) in [5.41, 5.74) is 2.35. The van der Waals surface area contributed by atoms with Gasteiger partial charge in [-0.1, -0.05) is 31.5 Å². The SMILES string of the molecule is CCC(=O)N(CC(=O)N1CCc2sccc2[C@@H]1COc1ccc(C)cc1)[C@@H](C)CC. The van der Waals surface area contributed by atoms with Crippen molar-refractivity contribution in [2.75, 3.05) is 19.7 Å². The summed E-state index contributed by atoms with van der Waals surface area (Å²) < 4.78 is 6.08. The van der Waals surface area contributed by atoms with Gasteiger partial charge in [-0.3, -0.25) is 9.59 Å². The Balaban J connectivity index is 1.77. The molecule has 0 fully saturated rings. The van der Waals surface area contributed by atoms with Gasteiger partial charge in [-0.15, -0.1) is 11.3 Å². The molecule has 30 heavy (non-hydrogen) atoms. The lowest BCUT2D eigenvalue weighted by Gasteiger charge is -2.38. The number of aryl methyl sites for hydroxylation is 1. The van der Waals surface area contributed by atoms with Gasteiger partial charge >= 0.3 is 0 Å². The summed E-state index contributed by atoms with van der Waals surface area (Å²) in [5.74, 6) is 0.822. The minimum absolute atomic E-state index is 0.00791.